The first-order valence-corrected chi connectivity index (χ1v) is 8.35. The molecule has 0 radical (unpaired) electrons. The summed E-state index contributed by atoms with van der Waals surface area (Å²) in [5.74, 6) is 0. The van der Waals surface area contributed by atoms with Crippen molar-refractivity contribution in [1.82, 2.24) is 5.32 Å². The molecule has 0 amide bonds. The Hall–Kier alpha value is -0.610. The average molecular weight is 312 g/mol. The van der Waals surface area contributed by atoms with Crippen molar-refractivity contribution in [3.63, 3.8) is 0 Å². The monoisotopic (exact) mass is 311 g/mol. The second-order valence-electron chi connectivity index (χ2n) is 5.53. The molecule has 2 atom stereocenters. The molecule has 2 rings (SSSR count). The molecule has 0 saturated carbocycles. The third-order valence-electron chi connectivity index (χ3n) is 3.84. The van der Waals surface area contributed by atoms with Gasteiger partial charge in [0.15, 0.2) is 0 Å². The Balaban J connectivity index is 1.60. The molecule has 3 nitrogen and oxygen atoms in total. The van der Waals surface area contributed by atoms with Gasteiger partial charge in [-0.05, 0) is 49.9 Å². The van der Waals surface area contributed by atoms with Crippen LogP contribution in [0.15, 0.2) is 24.3 Å². The van der Waals surface area contributed by atoms with E-state index in [9.17, 15) is 0 Å². The minimum absolute atomic E-state index is 0.327. The summed E-state index contributed by atoms with van der Waals surface area (Å²) in [6.45, 7) is 5.57. The summed E-state index contributed by atoms with van der Waals surface area (Å²) in [5.41, 5.74) is 1.25. The van der Waals surface area contributed by atoms with Crippen LogP contribution in [0.2, 0.25) is 5.02 Å². The predicted molar refractivity (Wildman–Crippen MR) is 86.9 cm³/mol. The molecule has 1 aliphatic rings. The Morgan fingerprint density at radius 1 is 1.48 bits per heavy atom. The highest BCUT2D eigenvalue weighted by molar-refractivity contribution is 6.30. The molecule has 1 N–H and O–H groups in total. The van der Waals surface area contributed by atoms with E-state index in [0.29, 0.717) is 12.1 Å². The fourth-order valence-electron chi connectivity index (χ4n) is 2.66. The number of rotatable bonds is 9. The van der Waals surface area contributed by atoms with Gasteiger partial charge in [-0.2, -0.15) is 0 Å². The number of hydrogen-bond donors (Lipinski definition) is 1. The summed E-state index contributed by atoms with van der Waals surface area (Å²) in [6, 6.07) is 8.45. The van der Waals surface area contributed by atoms with Crippen molar-refractivity contribution in [1.29, 1.82) is 0 Å². The molecule has 1 heterocycles. The van der Waals surface area contributed by atoms with Crippen molar-refractivity contribution in [2.24, 2.45) is 0 Å². The van der Waals surface area contributed by atoms with Gasteiger partial charge in [-0.15, -0.1) is 0 Å². The van der Waals surface area contributed by atoms with Crippen LogP contribution in [-0.4, -0.2) is 32.5 Å². The van der Waals surface area contributed by atoms with E-state index in [0.717, 1.165) is 50.7 Å². The van der Waals surface area contributed by atoms with Crippen LogP contribution in [0.4, 0.5) is 0 Å². The molecule has 2 unspecified atom stereocenters. The number of benzene rings is 1. The van der Waals surface area contributed by atoms with Crippen molar-refractivity contribution in [2.75, 3.05) is 26.4 Å². The normalized spacial score (nSPS) is 19.8. The van der Waals surface area contributed by atoms with Crippen LogP contribution in [0, 0.1) is 0 Å². The van der Waals surface area contributed by atoms with Gasteiger partial charge < -0.3 is 14.8 Å². The lowest BCUT2D eigenvalue weighted by atomic mass is 10.0. The van der Waals surface area contributed by atoms with E-state index in [4.69, 9.17) is 21.1 Å². The van der Waals surface area contributed by atoms with Crippen molar-refractivity contribution < 1.29 is 9.47 Å². The van der Waals surface area contributed by atoms with Crippen LogP contribution in [0.25, 0.3) is 0 Å². The predicted octanol–water partition coefficient (Wildman–Crippen LogP) is 3.97. The lowest BCUT2D eigenvalue weighted by Gasteiger charge is -2.18. The second kappa shape index (κ2) is 9.42. The zero-order valence-electron chi connectivity index (χ0n) is 12.8. The van der Waals surface area contributed by atoms with Gasteiger partial charge in [0.05, 0.1) is 12.7 Å². The van der Waals surface area contributed by atoms with Crippen LogP contribution in [0.3, 0.4) is 0 Å². The van der Waals surface area contributed by atoms with Gasteiger partial charge in [-0.3, -0.25) is 0 Å². The number of ether oxygens (including phenoxy) is 2. The zero-order valence-corrected chi connectivity index (χ0v) is 13.6. The van der Waals surface area contributed by atoms with E-state index in [2.05, 4.69) is 18.3 Å². The number of nitrogens with one attached hydrogen (secondary N) is 1. The Bertz CT molecular complexity index is 408. The van der Waals surface area contributed by atoms with Crippen LogP contribution in [0.5, 0.6) is 0 Å². The third kappa shape index (κ3) is 5.95. The van der Waals surface area contributed by atoms with E-state index >= 15 is 0 Å². The Morgan fingerprint density at radius 3 is 3.10 bits per heavy atom. The highest BCUT2D eigenvalue weighted by Gasteiger charge is 2.15. The fourth-order valence-corrected chi connectivity index (χ4v) is 2.86. The largest absolute Gasteiger partial charge is 0.379 e. The van der Waals surface area contributed by atoms with Crippen LogP contribution in [0.1, 0.15) is 44.2 Å². The molecule has 1 aliphatic heterocycles. The molecule has 1 aromatic carbocycles. The van der Waals surface area contributed by atoms with Gasteiger partial charge >= 0.3 is 0 Å². The summed E-state index contributed by atoms with van der Waals surface area (Å²) < 4.78 is 11.2. The molecule has 0 aliphatic carbocycles. The summed E-state index contributed by atoms with van der Waals surface area (Å²) in [7, 11) is 0. The van der Waals surface area contributed by atoms with E-state index in [-0.39, 0.29) is 0 Å². The highest BCUT2D eigenvalue weighted by atomic mass is 35.5. The lowest BCUT2D eigenvalue weighted by Crippen LogP contribution is -2.23. The zero-order chi connectivity index (χ0) is 14.9. The molecule has 4 heteroatoms. The minimum Gasteiger partial charge on any atom is -0.379 e. The summed E-state index contributed by atoms with van der Waals surface area (Å²) in [5, 5.41) is 4.37. The highest BCUT2D eigenvalue weighted by Crippen LogP contribution is 2.20. The first-order chi connectivity index (χ1) is 10.3. The maximum Gasteiger partial charge on any atom is 0.0809 e. The topological polar surface area (TPSA) is 30.5 Å². The van der Waals surface area contributed by atoms with Crippen molar-refractivity contribution in [3.8, 4) is 0 Å². The van der Waals surface area contributed by atoms with Gasteiger partial charge in [0.2, 0.25) is 0 Å². The number of halogens is 1. The molecule has 1 aromatic rings. The van der Waals surface area contributed by atoms with Gasteiger partial charge in [0.25, 0.3) is 0 Å². The van der Waals surface area contributed by atoms with E-state index < -0.39 is 0 Å². The maximum atomic E-state index is 6.05. The molecule has 1 saturated heterocycles. The van der Waals surface area contributed by atoms with E-state index in [1.165, 1.54) is 12.0 Å². The van der Waals surface area contributed by atoms with E-state index in [1.54, 1.807) is 0 Å². The van der Waals surface area contributed by atoms with Crippen molar-refractivity contribution >= 4 is 11.6 Å². The van der Waals surface area contributed by atoms with Crippen molar-refractivity contribution in [2.45, 2.75) is 44.8 Å². The first kappa shape index (κ1) is 16.8. The van der Waals surface area contributed by atoms with Gasteiger partial charge in [-0.25, -0.2) is 0 Å². The van der Waals surface area contributed by atoms with Gasteiger partial charge in [-0.1, -0.05) is 30.7 Å². The smallest absolute Gasteiger partial charge is 0.0809 e. The molecule has 21 heavy (non-hydrogen) atoms. The lowest BCUT2D eigenvalue weighted by molar-refractivity contribution is 0.0165. The summed E-state index contributed by atoms with van der Waals surface area (Å²) in [6.07, 6.45) is 4.71. The standard InChI is InChI=1S/C17H26ClNO2/c1-2-17(14-6-3-7-15(18)12-14)19-9-5-10-20-13-16-8-4-11-21-16/h3,6-7,12,16-17,19H,2,4-5,8-11,13H2,1H3. The molecular formula is C17H26ClNO2. The minimum atomic E-state index is 0.327. The molecule has 118 valence electrons. The Labute approximate surface area is 133 Å². The average Bonchev–Trinajstić information content (AvgIpc) is 3.00. The molecule has 0 spiro atoms. The quantitative estimate of drug-likeness (QED) is 0.700. The Morgan fingerprint density at radius 2 is 2.38 bits per heavy atom. The fraction of sp³-hybridized carbons (Fsp3) is 0.647. The summed E-state index contributed by atoms with van der Waals surface area (Å²) in [4.78, 5) is 0. The van der Waals surface area contributed by atoms with Crippen LogP contribution < -0.4 is 5.32 Å². The third-order valence-corrected chi connectivity index (χ3v) is 4.08. The number of hydrogen-bond acceptors (Lipinski definition) is 3. The molecule has 1 fully saturated rings. The SMILES string of the molecule is CCC(NCCCOCC1CCCO1)c1cccc(Cl)c1. The second-order valence-corrected chi connectivity index (χ2v) is 5.97. The van der Waals surface area contributed by atoms with Gasteiger partial charge in [0, 0.05) is 24.3 Å². The van der Waals surface area contributed by atoms with Gasteiger partial charge in [0.1, 0.15) is 0 Å². The van der Waals surface area contributed by atoms with Crippen LogP contribution >= 0.6 is 11.6 Å². The van der Waals surface area contributed by atoms with Crippen LogP contribution in [-0.2, 0) is 9.47 Å². The molecular weight excluding hydrogens is 286 g/mol. The molecule has 0 aromatic heterocycles. The van der Waals surface area contributed by atoms with E-state index in [1.807, 2.05) is 18.2 Å². The summed E-state index contributed by atoms with van der Waals surface area (Å²) >= 11 is 6.05. The molecule has 0 bridgehead atoms. The van der Waals surface area contributed by atoms with Crippen molar-refractivity contribution in [3.05, 3.63) is 34.9 Å². The first-order valence-electron chi connectivity index (χ1n) is 7.97. The Kier molecular flexibility index (Phi) is 7.51. The maximum absolute atomic E-state index is 6.05.